The fraction of sp³-hybridized carbons (Fsp3) is 0.409. The second kappa shape index (κ2) is 13.2. The average Bonchev–Trinajstić information content (AvgIpc) is 2.82. The van der Waals surface area contributed by atoms with Crippen molar-refractivity contribution < 1.29 is 51.3 Å². The highest BCUT2D eigenvalue weighted by Crippen LogP contribution is 2.27. The predicted octanol–water partition coefficient (Wildman–Crippen LogP) is 1.03. The molecule has 12 nitrogen and oxygen atoms in total. The van der Waals surface area contributed by atoms with Gasteiger partial charge in [-0.15, -0.1) is 0 Å². The Hall–Kier alpha value is -3.74. The predicted molar refractivity (Wildman–Crippen MR) is 120 cm³/mol. The van der Waals surface area contributed by atoms with Crippen LogP contribution >= 0.6 is 0 Å². The van der Waals surface area contributed by atoms with Crippen molar-refractivity contribution in [2.24, 2.45) is 0 Å². The molecule has 0 unspecified atom stereocenters. The number of anilines is 1. The Morgan fingerprint density at radius 2 is 1.46 bits per heavy atom. The molecule has 0 spiro atoms. The first kappa shape index (κ1) is 27.5. The van der Waals surface area contributed by atoms with Crippen LogP contribution in [0.1, 0.15) is 32.1 Å². The molecule has 0 saturated carbocycles. The highest BCUT2D eigenvalue weighted by Gasteiger charge is 2.39. The van der Waals surface area contributed by atoms with E-state index in [0.717, 1.165) is 6.08 Å². The summed E-state index contributed by atoms with van der Waals surface area (Å²) in [5.74, 6) is -2.04. The van der Waals surface area contributed by atoms with Gasteiger partial charge in [-0.25, -0.2) is 9.10 Å². The summed E-state index contributed by atoms with van der Waals surface area (Å²) < 4.78 is 44.6. The van der Waals surface area contributed by atoms with Crippen molar-refractivity contribution in [1.82, 2.24) is 0 Å². The van der Waals surface area contributed by atoms with Crippen LogP contribution in [0.25, 0.3) is 0 Å². The molecule has 1 amide bonds. The first-order valence-electron chi connectivity index (χ1n) is 10.6. The van der Waals surface area contributed by atoms with E-state index >= 15 is 0 Å². The number of esters is 3. The van der Waals surface area contributed by atoms with Crippen LogP contribution in [-0.2, 0) is 48.2 Å². The minimum absolute atomic E-state index is 0.00576. The van der Waals surface area contributed by atoms with Crippen molar-refractivity contribution in [3.63, 3.8) is 0 Å². The van der Waals surface area contributed by atoms with E-state index in [-0.39, 0.29) is 64.2 Å². The zero-order valence-electron chi connectivity index (χ0n) is 18.8. The lowest BCUT2D eigenvalue weighted by Crippen LogP contribution is -2.45. The minimum Gasteiger partial charge on any atom is -0.490 e. The summed E-state index contributed by atoms with van der Waals surface area (Å²) >= 11 is 0. The number of nitrogens with zero attached hydrogens (tertiary/aromatic N) is 1. The summed E-state index contributed by atoms with van der Waals surface area (Å²) in [6.07, 6.45) is 0.673. The van der Waals surface area contributed by atoms with Gasteiger partial charge in [-0.1, -0.05) is 6.58 Å². The third-order valence-electron chi connectivity index (χ3n) is 4.50. The van der Waals surface area contributed by atoms with Crippen LogP contribution in [0.5, 0.6) is 5.75 Å². The fourth-order valence-corrected chi connectivity index (χ4v) is 4.15. The summed E-state index contributed by atoms with van der Waals surface area (Å²) in [6.45, 7) is 3.00. The second-order valence-electron chi connectivity index (χ2n) is 7.04. The second-order valence-corrected chi connectivity index (χ2v) is 8.81. The molecule has 0 atom stereocenters. The Bertz CT molecular complexity index is 1060. The molecule has 0 bridgehead atoms. The monoisotopic (exact) mass is 511 g/mol. The topological polar surface area (TPSA) is 160 Å². The summed E-state index contributed by atoms with van der Waals surface area (Å²) in [5.41, 5.74) is 0.0260. The third-order valence-corrected chi connectivity index (χ3v) is 6.18. The van der Waals surface area contributed by atoms with E-state index in [1.807, 2.05) is 0 Å². The SMILES string of the molecule is C=CC(=O)OCCOC(=O)CCCC(=O)OCCOc1ccc(N2C(=O)CCC(=O)S2(=O)=O)cc1. The molecule has 2 rings (SSSR count). The molecular weight excluding hydrogens is 486 g/mol. The number of rotatable bonds is 13. The lowest BCUT2D eigenvalue weighted by Gasteiger charge is -2.25. The van der Waals surface area contributed by atoms with Crippen LogP contribution in [0.4, 0.5) is 5.69 Å². The number of benzene rings is 1. The summed E-state index contributed by atoms with van der Waals surface area (Å²) in [6, 6.07) is 5.50. The molecule has 13 heteroatoms. The van der Waals surface area contributed by atoms with Gasteiger partial charge in [0, 0.05) is 31.8 Å². The van der Waals surface area contributed by atoms with E-state index in [1.165, 1.54) is 24.3 Å². The molecule has 1 aromatic carbocycles. The van der Waals surface area contributed by atoms with Gasteiger partial charge in [0.25, 0.3) is 5.12 Å². The number of carbonyl (C=O) groups is 5. The zero-order valence-corrected chi connectivity index (χ0v) is 19.6. The number of amides is 1. The molecule has 0 N–H and O–H groups in total. The van der Waals surface area contributed by atoms with Crippen LogP contribution in [0.2, 0.25) is 0 Å². The average molecular weight is 512 g/mol. The standard InChI is InChI=1S/C22H25NO11S/c1-2-19(25)32-14-15-34-21(27)5-3-4-20(26)33-13-12-31-17-8-6-16(7-9-17)23-18(24)10-11-22(28)35(23,29)30/h2,6-9H,1,3-5,10-15H2. The van der Waals surface area contributed by atoms with Gasteiger partial charge in [0.2, 0.25) is 5.91 Å². The van der Waals surface area contributed by atoms with Crippen molar-refractivity contribution in [3.8, 4) is 5.75 Å². The Morgan fingerprint density at radius 1 is 0.886 bits per heavy atom. The van der Waals surface area contributed by atoms with Crippen molar-refractivity contribution in [1.29, 1.82) is 0 Å². The largest absolute Gasteiger partial charge is 0.490 e. The van der Waals surface area contributed by atoms with E-state index < -0.39 is 39.0 Å². The molecule has 1 aliphatic heterocycles. The van der Waals surface area contributed by atoms with Gasteiger partial charge in [0.05, 0.1) is 5.69 Å². The van der Waals surface area contributed by atoms with Gasteiger partial charge in [-0.3, -0.25) is 19.2 Å². The molecule has 190 valence electrons. The molecule has 0 aliphatic carbocycles. The number of hydrogen-bond donors (Lipinski definition) is 0. The van der Waals surface area contributed by atoms with E-state index in [2.05, 4.69) is 11.3 Å². The third kappa shape index (κ3) is 8.52. The number of sulfonamides is 1. The van der Waals surface area contributed by atoms with Gasteiger partial charge in [-0.2, -0.15) is 8.42 Å². The van der Waals surface area contributed by atoms with Crippen LogP contribution in [0, 0.1) is 0 Å². The van der Waals surface area contributed by atoms with Crippen molar-refractivity contribution >= 4 is 44.6 Å². The molecule has 0 radical (unpaired) electrons. The lowest BCUT2D eigenvalue weighted by atomic mass is 10.2. The van der Waals surface area contributed by atoms with Gasteiger partial charge in [0.15, 0.2) is 0 Å². The fourth-order valence-electron chi connectivity index (χ4n) is 2.83. The van der Waals surface area contributed by atoms with Crippen molar-refractivity contribution in [2.45, 2.75) is 32.1 Å². The minimum atomic E-state index is -4.37. The summed E-state index contributed by atoms with van der Waals surface area (Å²) in [4.78, 5) is 57.7. The van der Waals surface area contributed by atoms with E-state index in [9.17, 15) is 32.4 Å². The molecule has 1 saturated heterocycles. The molecule has 1 aliphatic rings. The first-order valence-corrected chi connectivity index (χ1v) is 12.0. The van der Waals surface area contributed by atoms with Crippen molar-refractivity contribution in [2.75, 3.05) is 30.7 Å². The van der Waals surface area contributed by atoms with E-state index in [0.29, 0.717) is 10.1 Å². The Kier molecular flexibility index (Phi) is 10.4. The van der Waals surface area contributed by atoms with E-state index in [4.69, 9.17) is 14.2 Å². The maximum absolute atomic E-state index is 12.1. The van der Waals surface area contributed by atoms with Crippen LogP contribution in [0.15, 0.2) is 36.9 Å². The smallest absolute Gasteiger partial charge is 0.330 e. The summed E-state index contributed by atoms with van der Waals surface area (Å²) in [7, 11) is -4.37. The molecule has 0 aromatic heterocycles. The van der Waals surface area contributed by atoms with Gasteiger partial charge in [0.1, 0.15) is 32.2 Å². The Labute approximate surface area is 201 Å². The van der Waals surface area contributed by atoms with Crippen LogP contribution in [-0.4, -0.2) is 63.8 Å². The van der Waals surface area contributed by atoms with Crippen LogP contribution < -0.4 is 9.04 Å². The van der Waals surface area contributed by atoms with E-state index in [1.54, 1.807) is 0 Å². The number of hydrogen-bond acceptors (Lipinski definition) is 11. The molecule has 1 heterocycles. The molecular formula is C22H25NO11S. The van der Waals surface area contributed by atoms with Crippen LogP contribution in [0.3, 0.4) is 0 Å². The zero-order chi connectivity index (χ0) is 25.8. The van der Waals surface area contributed by atoms with Gasteiger partial charge in [-0.05, 0) is 30.7 Å². The summed E-state index contributed by atoms with van der Waals surface area (Å²) in [5, 5.41) is -1.01. The van der Waals surface area contributed by atoms with Crippen molar-refractivity contribution in [3.05, 3.63) is 36.9 Å². The van der Waals surface area contributed by atoms with Gasteiger partial charge < -0.3 is 18.9 Å². The number of carbonyl (C=O) groups excluding carboxylic acids is 5. The number of ether oxygens (including phenoxy) is 4. The quantitative estimate of drug-likeness (QED) is 0.161. The molecule has 35 heavy (non-hydrogen) atoms. The highest BCUT2D eigenvalue weighted by atomic mass is 32.2. The molecule has 1 aromatic rings. The molecule has 1 fully saturated rings. The Morgan fingerprint density at radius 3 is 2.06 bits per heavy atom. The maximum Gasteiger partial charge on any atom is 0.330 e. The Balaban J connectivity index is 1.63. The lowest BCUT2D eigenvalue weighted by molar-refractivity contribution is -0.150. The van der Waals surface area contributed by atoms with Gasteiger partial charge >= 0.3 is 27.9 Å². The highest BCUT2D eigenvalue weighted by molar-refractivity contribution is 8.08. The first-order chi connectivity index (χ1) is 16.6. The maximum atomic E-state index is 12.1. The normalized spacial score (nSPS) is 14.7.